The monoisotopic (exact) mass is 208 g/mol. The van der Waals surface area contributed by atoms with E-state index in [0.29, 0.717) is 0 Å². The molecule has 0 aliphatic rings. The number of benzene rings is 1. The Bertz CT molecular complexity index is 315. The molecule has 72 valence electrons. The molecule has 1 aromatic rings. The molecule has 0 heterocycles. The lowest BCUT2D eigenvalue weighted by Gasteiger charge is -2.11. The zero-order valence-electron chi connectivity index (χ0n) is 6.43. The van der Waals surface area contributed by atoms with E-state index < -0.39 is 13.8 Å². The molecular formula is C7H7F2O3P. The lowest BCUT2D eigenvalue weighted by Crippen LogP contribution is -2.00. The fraction of sp³-hybridized carbons (Fsp3) is 0.143. The molecule has 0 saturated heterocycles. The Morgan fingerprint density at radius 3 is 2.31 bits per heavy atom. The van der Waals surface area contributed by atoms with Crippen LogP contribution in [0.3, 0.4) is 0 Å². The van der Waals surface area contributed by atoms with Gasteiger partial charge in [0.2, 0.25) is 0 Å². The van der Waals surface area contributed by atoms with Crippen LogP contribution < -0.4 is 4.52 Å². The van der Waals surface area contributed by atoms with Crippen molar-refractivity contribution in [1.29, 1.82) is 0 Å². The van der Waals surface area contributed by atoms with Crippen LogP contribution in [0.2, 0.25) is 0 Å². The molecule has 1 unspecified atom stereocenters. The molecule has 13 heavy (non-hydrogen) atoms. The summed E-state index contributed by atoms with van der Waals surface area (Å²) in [5.41, 5.74) is 0. The van der Waals surface area contributed by atoms with E-state index >= 15 is 0 Å². The van der Waals surface area contributed by atoms with Crippen LogP contribution in [-0.4, -0.2) is 11.1 Å². The summed E-state index contributed by atoms with van der Waals surface area (Å²) < 4.78 is 38.6. The van der Waals surface area contributed by atoms with Crippen LogP contribution in [0.1, 0.15) is 0 Å². The molecule has 0 saturated carbocycles. The normalized spacial score (nSPS) is 15.4. The van der Waals surface area contributed by atoms with Gasteiger partial charge in [0.15, 0.2) is 0 Å². The summed E-state index contributed by atoms with van der Waals surface area (Å²) in [6, 6.07) is 7.32. The highest BCUT2D eigenvalue weighted by Crippen LogP contribution is 2.48. The Hall–Kier alpha value is -0.930. The molecule has 1 atom stereocenters. The highest BCUT2D eigenvalue weighted by atomic mass is 31.2. The van der Waals surface area contributed by atoms with Gasteiger partial charge < -0.3 is 9.42 Å². The van der Waals surface area contributed by atoms with Gasteiger partial charge >= 0.3 is 13.8 Å². The fourth-order valence-electron chi connectivity index (χ4n) is 0.672. The van der Waals surface area contributed by atoms with E-state index in [1.165, 1.54) is 24.3 Å². The molecule has 0 amide bonds. The Balaban J connectivity index is 2.76. The predicted octanol–water partition coefficient (Wildman–Crippen LogP) is 2.47. The summed E-state index contributed by atoms with van der Waals surface area (Å²) in [5.74, 6) is -0.0476. The number of halogens is 2. The standard InChI is InChI=1S/C7H7F2O3P/c8-7(9)13(10,11)12-6-4-2-1-3-5-6/h1-5,7H,(H,10,11). The maximum atomic E-state index is 11.9. The summed E-state index contributed by atoms with van der Waals surface area (Å²) in [7, 11) is -4.82. The summed E-state index contributed by atoms with van der Waals surface area (Å²) >= 11 is 0. The Kier molecular flexibility index (Phi) is 3.01. The second kappa shape index (κ2) is 3.85. The van der Waals surface area contributed by atoms with Crippen LogP contribution in [0.4, 0.5) is 8.78 Å². The number of hydrogen-bond donors (Lipinski definition) is 1. The first-order valence-electron chi connectivity index (χ1n) is 3.37. The van der Waals surface area contributed by atoms with Gasteiger partial charge in [-0.3, -0.25) is 0 Å². The average molecular weight is 208 g/mol. The van der Waals surface area contributed by atoms with Gasteiger partial charge in [0.25, 0.3) is 0 Å². The third-order valence-corrected chi connectivity index (χ3v) is 2.19. The minimum absolute atomic E-state index is 0.0476. The topological polar surface area (TPSA) is 46.5 Å². The molecular weight excluding hydrogens is 201 g/mol. The van der Waals surface area contributed by atoms with Crippen molar-refractivity contribution in [3.63, 3.8) is 0 Å². The van der Waals surface area contributed by atoms with Crippen LogP contribution >= 0.6 is 7.60 Å². The van der Waals surface area contributed by atoms with E-state index in [1.54, 1.807) is 6.07 Å². The van der Waals surface area contributed by atoms with Gasteiger partial charge in [-0.25, -0.2) is 4.57 Å². The van der Waals surface area contributed by atoms with Crippen LogP contribution in [0, 0.1) is 0 Å². The van der Waals surface area contributed by atoms with Crippen molar-refractivity contribution < 1.29 is 22.8 Å². The molecule has 0 aliphatic heterocycles. The molecule has 6 heteroatoms. The van der Waals surface area contributed by atoms with Crippen molar-refractivity contribution >= 4 is 7.60 Å². The number of hydrogen-bond acceptors (Lipinski definition) is 2. The minimum Gasteiger partial charge on any atom is -0.421 e. The van der Waals surface area contributed by atoms with E-state index in [0.717, 1.165) is 0 Å². The molecule has 1 N–H and O–H groups in total. The van der Waals surface area contributed by atoms with Crippen LogP contribution in [0.25, 0.3) is 0 Å². The molecule has 0 bridgehead atoms. The maximum absolute atomic E-state index is 11.9. The second-order valence-electron chi connectivity index (χ2n) is 2.25. The first kappa shape index (κ1) is 10.2. The van der Waals surface area contributed by atoms with Gasteiger partial charge in [-0.05, 0) is 12.1 Å². The molecule has 3 nitrogen and oxygen atoms in total. The maximum Gasteiger partial charge on any atom is 0.442 e. The zero-order chi connectivity index (χ0) is 9.90. The van der Waals surface area contributed by atoms with Gasteiger partial charge in [0.1, 0.15) is 5.75 Å². The molecule has 1 aromatic carbocycles. The van der Waals surface area contributed by atoms with Crippen LogP contribution in [-0.2, 0) is 4.57 Å². The lowest BCUT2D eigenvalue weighted by molar-refractivity contribution is 0.188. The Morgan fingerprint density at radius 1 is 1.31 bits per heavy atom. The van der Waals surface area contributed by atoms with Crippen molar-refractivity contribution in [2.75, 3.05) is 0 Å². The van der Waals surface area contributed by atoms with Crippen molar-refractivity contribution in [1.82, 2.24) is 0 Å². The highest BCUT2D eigenvalue weighted by molar-refractivity contribution is 7.53. The molecule has 0 spiro atoms. The van der Waals surface area contributed by atoms with Gasteiger partial charge in [0, 0.05) is 0 Å². The van der Waals surface area contributed by atoms with Crippen molar-refractivity contribution in [2.45, 2.75) is 6.17 Å². The Labute approximate surface area is 73.5 Å². The summed E-state index contributed by atoms with van der Waals surface area (Å²) in [6.07, 6.45) is -3.38. The third kappa shape index (κ3) is 2.79. The molecule has 0 aromatic heterocycles. The SMILES string of the molecule is O=P(O)(Oc1ccccc1)C(F)F. The smallest absolute Gasteiger partial charge is 0.421 e. The summed E-state index contributed by atoms with van der Waals surface area (Å²) in [5, 5.41) is 0. The minimum atomic E-state index is -4.82. The Morgan fingerprint density at radius 2 is 1.85 bits per heavy atom. The first-order valence-corrected chi connectivity index (χ1v) is 5.02. The lowest BCUT2D eigenvalue weighted by atomic mass is 10.3. The predicted molar refractivity (Wildman–Crippen MR) is 42.9 cm³/mol. The summed E-state index contributed by atoms with van der Waals surface area (Å²) in [4.78, 5) is 8.63. The molecule has 1 rings (SSSR count). The zero-order valence-corrected chi connectivity index (χ0v) is 7.33. The van der Waals surface area contributed by atoms with E-state index in [9.17, 15) is 13.3 Å². The van der Waals surface area contributed by atoms with E-state index in [2.05, 4.69) is 4.52 Å². The van der Waals surface area contributed by atoms with Gasteiger partial charge in [-0.2, -0.15) is 8.78 Å². The van der Waals surface area contributed by atoms with E-state index in [1.807, 2.05) is 0 Å². The molecule has 0 radical (unpaired) electrons. The third-order valence-electron chi connectivity index (χ3n) is 1.23. The number of para-hydroxylation sites is 1. The number of rotatable bonds is 3. The van der Waals surface area contributed by atoms with E-state index in [4.69, 9.17) is 4.89 Å². The van der Waals surface area contributed by atoms with E-state index in [-0.39, 0.29) is 5.75 Å². The molecule has 0 aliphatic carbocycles. The average Bonchev–Trinajstić information content (AvgIpc) is 2.05. The highest BCUT2D eigenvalue weighted by Gasteiger charge is 2.34. The quantitative estimate of drug-likeness (QED) is 0.776. The van der Waals surface area contributed by atoms with Crippen molar-refractivity contribution in [3.8, 4) is 5.75 Å². The van der Waals surface area contributed by atoms with Crippen LogP contribution in [0.15, 0.2) is 30.3 Å². The largest absolute Gasteiger partial charge is 0.442 e. The second-order valence-corrected chi connectivity index (χ2v) is 3.95. The number of alkyl halides is 2. The van der Waals surface area contributed by atoms with Gasteiger partial charge in [-0.15, -0.1) is 0 Å². The molecule has 0 fully saturated rings. The van der Waals surface area contributed by atoms with Gasteiger partial charge in [-0.1, -0.05) is 18.2 Å². The fourth-order valence-corrected chi connectivity index (χ4v) is 1.18. The van der Waals surface area contributed by atoms with Crippen molar-refractivity contribution in [2.24, 2.45) is 0 Å². The summed E-state index contributed by atoms with van der Waals surface area (Å²) in [6.45, 7) is 0. The van der Waals surface area contributed by atoms with Crippen LogP contribution in [0.5, 0.6) is 5.75 Å². The first-order chi connectivity index (χ1) is 6.02. The van der Waals surface area contributed by atoms with Crippen molar-refractivity contribution in [3.05, 3.63) is 30.3 Å². The van der Waals surface area contributed by atoms with Gasteiger partial charge in [0.05, 0.1) is 0 Å².